The Kier molecular flexibility index (Phi) is 3.00. The van der Waals surface area contributed by atoms with Crippen LogP contribution < -0.4 is 5.73 Å². The van der Waals surface area contributed by atoms with E-state index in [9.17, 15) is 17.6 Å². The number of rotatable bonds is 1. The van der Waals surface area contributed by atoms with Crippen LogP contribution in [0.1, 0.15) is 5.56 Å². The lowest BCUT2D eigenvalue weighted by Crippen LogP contribution is -2.01. The molecule has 0 amide bonds. The van der Waals surface area contributed by atoms with Crippen molar-refractivity contribution in [3.63, 3.8) is 0 Å². The highest BCUT2D eigenvalue weighted by Gasteiger charge is 2.13. The molecule has 0 atom stereocenters. The molecule has 1 aromatic rings. The van der Waals surface area contributed by atoms with Crippen LogP contribution in [0.5, 0.6) is 0 Å². The maximum absolute atomic E-state index is 12.9. The summed E-state index contributed by atoms with van der Waals surface area (Å²) in [7, 11) is 0. The summed E-state index contributed by atoms with van der Waals surface area (Å²) < 4.78 is 49.6. The van der Waals surface area contributed by atoms with Crippen LogP contribution >= 0.6 is 11.6 Å². The molecule has 1 rings (SSSR count). The lowest BCUT2D eigenvalue weighted by Gasteiger charge is -2.03. The first kappa shape index (κ1) is 10.8. The van der Waals surface area contributed by atoms with Gasteiger partial charge in [0.25, 0.3) is 6.08 Å². The predicted octanol–water partition coefficient (Wildman–Crippen LogP) is 3.14. The predicted molar refractivity (Wildman–Crippen MR) is 44.7 cm³/mol. The van der Waals surface area contributed by atoms with E-state index < -0.39 is 34.0 Å². The highest BCUT2D eigenvalue weighted by Crippen LogP contribution is 2.24. The van der Waals surface area contributed by atoms with E-state index in [-0.39, 0.29) is 0 Å². The molecule has 0 fully saturated rings. The van der Waals surface area contributed by atoms with Gasteiger partial charge in [0.15, 0.2) is 0 Å². The summed E-state index contributed by atoms with van der Waals surface area (Å²) in [4.78, 5) is 0. The van der Waals surface area contributed by atoms with Crippen molar-refractivity contribution >= 4 is 17.3 Å². The van der Waals surface area contributed by atoms with Crippen molar-refractivity contribution in [1.82, 2.24) is 0 Å². The molecule has 14 heavy (non-hydrogen) atoms. The van der Waals surface area contributed by atoms with Crippen molar-refractivity contribution in [2.75, 3.05) is 0 Å². The van der Waals surface area contributed by atoms with Crippen LogP contribution in [0.2, 0.25) is 5.02 Å². The second kappa shape index (κ2) is 3.88. The fourth-order valence-corrected chi connectivity index (χ4v) is 0.981. The first-order valence-corrected chi connectivity index (χ1v) is 3.77. The molecule has 0 heterocycles. The highest BCUT2D eigenvalue weighted by molar-refractivity contribution is 6.30. The molecule has 0 aliphatic heterocycles. The minimum Gasteiger partial charge on any atom is -0.394 e. The van der Waals surface area contributed by atoms with Crippen LogP contribution in [0.3, 0.4) is 0 Å². The molecule has 0 aromatic heterocycles. The second-order valence-electron chi connectivity index (χ2n) is 2.42. The van der Waals surface area contributed by atoms with E-state index in [1.807, 2.05) is 0 Å². The van der Waals surface area contributed by atoms with Gasteiger partial charge in [-0.25, -0.2) is 8.78 Å². The third-order valence-corrected chi connectivity index (χ3v) is 1.79. The molecule has 0 saturated carbocycles. The van der Waals surface area contributed by atoms with Crippen LogP contribution in [0.15, 0.2) is 18.2 Å². The Labute approximate surface area is 81.8 Å². The molecule has 0 unspecified atom stereocenters. The minimum absolute atomic E-state index is 0.488. The number of hydrogen-bond acceptors (Lipinski definition) is 1. The largest absolute Gasteiger partial charge is 0.394 e. The lowest BCUT2D eigenvalue weighted by molar-refractivity contribution is 0.423. The first-order valence-electron chi connectivity index (χ1n) is 3.39. The first-order chi connectivity index (χ1) is 6.43. The van der Waals surface area contributed by atoms with Gasteiger partial charge in [-0.05, 0) is 12.1 Å². The van der Waals surface area contributed by atoms with Crippen LogP contribution in [0, 0.1) is 11.6 Å². The fourth-order valence-electron chi connectivity index (χ4n) is 0.831. The summed E-state index contributed by atoms with van der Waals surface area (Å²) in [5.74, 6) is -2.10. The molecule has 0 radical (unpaired) electrons. The number of nitrogens with two attached hydrogens (primary N) is 1. The molecule has 6 heteroatoms. The van der Waals surface area contributed by atoms with E-state index >= 15 is 0 Å². The van der Waals surface area contributed by atoms with Crippen LogP contribution in [0.4, 0.5) is 17.6 Å². The Morgan fingerprint density at radius 2 is 1.71 bits per heavy atom. The van der Waals surface area contributed by atoms with Gasteiger partial charge < -0.3 is 5.73 Å². The van der Waals surface area contributed by atoms with Crippen molar-refractivity contribution in [2.24, 2.45) is 5.73 Å². The normalized spacial score (nSPS) is 10.1. The van der Waals surface area contributed by atoms with Gasteiger partial charge in [0.2, 0.25) is 0 Å². The summed E-state index contributed by atoms with van der Waals surface area (Å²) >= 11 is 5.21. The zero-order valence-corrected chi connectivity index (χ0v) is 7.38. The molecule has 2 N–H and O–H groups in total. The minimum atomic E-state index is -2.27. The van der Waals surface area contributed by atoms with Crippen LogP contribution in [0.25, 0.3) is 5.70 Å². The SMILES string of the molecule is NC(=C(F)F)c1cc(F)c(Cl)cc1F. The fraction of sp³-hybridized carbons (Fsp3) is 0. The number of benzene rings is 1. The molecule has 1 aromatic carbocycles. The lowest BCUT2D eigenvalue weighted by atomic mass is 10.1. The van der Waals surface area contributed by atoms with Gasteiger partial charge in [0.1, 0.15) is 17.3 Å². The average molecular weight is 226 g/mol. The van der Waals surface area contributed by atoms with Gasteiger partial charge in [-0.15, -0.1) is 0 Å². The van der Waals surface area contributed by atoms with Crippen LogP contribution in [-0.4, -0.2) is 0 Å². The molecule has 0 aliphatic rings. The van der Waals surface area contributed by atoms with Crippen molar-refractivity contribution in [3.8, 4) is 0 Å². The van der Waals surface area contributed by atoms with E-state index in [2.05, 4.69) is 0 Å². The average Bonchev–Trinajstić information content (AvgIpc) is 2.10. The zero-order valence-electron chi connectivity index (χ0n) is 6.62. The second-order valence-corrected chi connectivity index (χ2v) is 2.83. The van der Waals surface area contributed by atoms with Gasteiger partial charge >= 0.3 is 0 Å². The number of halogens is 5. The van der Waals surface area contributed by atoms with Gasteiger partial charge in [-0.2, -0.15) is 8.78 Å². The maximum Gasteiger partial charge on any atom is 0.293 e. The molecular weight excluding hydrogens is 222 g/mol. The van der Waals surface area contributed by atoms with Gasteiger partial charge in [0, 0.05) is 5.56 Å². The summed E-state index contributed by atoms with van der Waals surface area (Å²) in [5.41, 5.74) is 3.04. The Morgan fingerprint density at radius 1 is 1.14 bits per heavy atom. The van der Waals surface area contributed by atoms with E-state index in [1.54, 1.807) is 0 Å². The summed E-state index contributed by atoms with van der Waals surface area (Å²) in [5, 5.41) is -0.488. The summed E-state index contributed by atoms with van der Waals surface area (Å²) in [6.07, 6.45) is -2.27. The Morgan fingerprint density at radius 3 is 2.21 bits per heavy atom. The van der Waals surface area contributed by atoms with Crippen molar-refractivity contribution in [2.45, 2.75) is 0 Å². The monoisotopic (exact) mass is 225 g/mol. The Hall–Kier alpha value is -1.23. The Bertz CT molecular complexity index is 399. The quantitative estimate of drug-likeness (QED) is 0.577. The molecule has 0 saturated heterocycles. The topological polar surface area (TPSA) is 26.0 Å². The van der Waals surface area contributed by atoms with Crippen molar-refractivity contribution < 1.29 is 17.6 Å². The molecule has 0 aliphatic carbocycles. The zero-order chi connectivity index (χ0) is 10.9. The molecule has 1 nitrogen and oxygen atoms in total. The van der Waals surface area contributed by atoms with Gasteiger partial charge in [-0.3, -0.25) is 0 Å². The molecule has 0 bridgehead atoms. The maximum atomic E-state index is 12.9. The van der Waals surface area contributed by atoms with Crippen LogP contribution in [-0.2, 0) is 0 Å². The molecule has 76 valence electrons. The van der Waals surface area contributed by atoms with E-state index in [0.717, 1.165) is 0 Å². The third-order valence-electron chi connectivity index (χ3n) is 1.50. The molecule has 0 spiro atoms. The summed E-state index contributed by atoms with van der Waals surface area (Å²) in [6.45, 7) is 0. The van der Waals surface area contributed by atoms with Gasteiger partial charge in [0.05, 0.1) is 5.02 Å². The smallest absolute Gasteiger partial charge is 0.293 e. The number of hydrogen-bond donors (Lipinski definition) is 1. The summed E-state index contributed by atoms with van der Waals surface area (Å²) in [6, 6.07) is 1.11. The molecular formula is C8H4ClF4N. The van der Waals surface area contributed by atoms with E-state index in [1.165, 1.54) is 0 Å². The Balaban J connectivity index is 3.37. The van der Waals surface area contributed by atoms with E-state index in [0.29, 0.717) is 12.1 Å². The van der Waals surface area contributed by atoms with E-state index in [4.69, 9.17) is 17.3 Å². The van der Waals surface area contributed by atoms with Crippen molar-refractivity contribution in [1.29, 1.82) is 0 Å². The highest BCUT2D eigenvalue weighted by atomic mass is 35.5. The van der Waals surface area contributed by atoms with Crippen molar-refractivity contribution in [3.05, 3.63) is 40.4 Å². The third kappa shape index (κ3) is 1.98. The van der Waals surface area contributed by atoms with Gasteiger partial charge in [-0.1, -0.05) is 11.6 Å². The standard InChI is InChI=1S/C8H4ClF4N/c9-4-2-5(10)3(1-6(4)11)7(14)8(12)13/h1-2H,14H2.